The van der Waals surface area contributed by atoms with E-state index >= 15 is 0 Å². The second kappa shape index (κ2) is 10.0. The molecule has 34 heavy (non-hydrogen) atoms. The van der Waals surface area contributed by atoms with E-state index in [1.807, 2.05) is 0 Å². The Morgan fingerprint density at radius 2 is 1.65 bits per heavy atom. The quantitative estimate of drug-likeness (QED) is 0.667. The zero-order chi connectivity index (χ0) is 24.2. The highest BCUT2D eigenvalue weighted by Crippen LogP contribution is 2.39. The van der Waals surface area contributed by atoms with E-state index in [0.29, 0.717) is 41.5 Å². The lowest BCUT2D eigenvalue weighted by Crippen LogP contribution is -2.64. The zero-order valence-electron chi connectivity index (χ0n) is 19.6. The van der Waals surface area contributed by atoms with Gasteiger partial charge in [0, 0.05) is 17.8 Å². The van der Waals surface area contributed by atoms with Crippen LogP contribution in [0.3, 0.4) is 0 Å². The van der Waals surface area contributed by atoms with Gasteiger partial charge >= 0.3 is 6.03 Å². The fourth-order valence-electron chi connectivity index (χ4n) is 4.72. The van der Waals surface area contributed by atoms with E-state index in [2.05, 4.69) is 5.32 Å². The summed E-state index contributed by atoms with van der Waals surface area (Å²) in [5.41, 5.74) is 0.987. The molecule has 0 bridgehead atoms. The molecule has 1 N–H and O–H groups in total. The molecule has 2 aromatic carbocycles. The average molecular weight is 468 g/mol. The fraction of sp³-hybridized carbons (Fsp3) is 0.400. The Labute approximate surface area is 198 Å². The number of imide groups is 1. The van der Waals surface area contributed by atoms with Crippen molar-refractivity contribution in [2.24, 2.45) is 5.92 Å². The molecule has 2 aliphatic rings. The highest BCUT2D eigenvalue weighted by molar-refractivity contribution is 6.17. The first-order valence-corrected chi connectivity index (χ1v) is 11.3. The number of benzene rings is 2. The molecule has 2 unspecified atom stereocenters. The lowest BCUT2D eigenvalue weighted by Gasteiger charge is -2.46. The molecular weight excluding hydrogens is 438 g/mol. The molecule has 0 radical (unpaired) electrons. The van der Waals surface area contributed by atoms with Crippen LogP contribution in [0.25, 0.3) is 0 Å². The predicted molar refractivity (Wildman–Crippen MR) is 127 cm³/mol. The Morgan fingerprint density at radius 1 is 0.941 bits per heavy atom. The Morgan fingerprint density at radius 3 is 2.32 bits per heavy atom. The minimum atomic E-state index is -0.509. The topological polar surface area (TPSA) is 97.4 Å². The van der Waals surface area contributed by atoms with E-state index in [0.717, 1.165) is 17.7 Å². The van der Waals surface area contributed by atoms with Crippen LogP contribution in [0.1, 0.15) is 25.7 Å². The number of carbonyl (C=O) groups excluding carboxylic acids is 3. The molecule has 0 spiro atoms. The van der Waals surface area contributed by atoms with E-state index < -0.39 is 6.03 Å². The molecule has 2 aromatic rings. The van der Waals surface area contributed by atoms with Gasteiger partial charge in [-0.05, 0) is 49.2 Å². The fourth-order valence-corrected chi connectivity index (χ4v) is 4.72. The summed E-state index contributed by atoms with van der Waals surface area (Å²) >= 11 is 0. The van der Waals surface area contributed by atoms with Gasteiger partial charge in [-0.2, -0.15) is 0 Å². The number of hydrogen-bond acceptors (Lipinski definition) is 6. The highest BCUT2D eigenvalue weighted by Gasteiger charge is 2.48. The molecule has 2 atom stereocenters. The molecule has 9 nitrogen and oxygen atoms in total. The number of fused-ring (bicyclic) bond motifs is 1. The summed E-state index contributed by atoms with van der Waals surface area (Å²) in [5, 5.41) is 2.83. The first-order valence-electron chi connectivity index (χ1n) is 11.3. The lowest BCUT2D eigenvalue weighted by atomic mass is 9.81. The summed E-state index contributed by atoms with van der Waals surface area (Å²) in [7, 11) is 4.58. The zero-order valence-corrected chi connectivity index (χ0v) is 19.6. The molecule has 1 saturated carbocycles. The van der Waals surface area contributed by atoms with E-state index in [1.54, 1.807) is 49.6 Å². The Balaban J connectivity index is 1.59. The Hall–Kier alpha value is -3.75. The number of carbonyl (C=O) groups is 3. The van der Waals surface area contributed by atoms with E-state index in [-0.39, 0.29) is 30.3 Å². The number of ether oxygens (including phenoxy) is 3. The van der Waals surface area contributed by atoms with Crippen molar-refractivity contribution in [3.8, 4) is 17.2 Å². The van der Waals surface area contributed by atoms with E-state index in [1.165, 1.54) is 19.1 Å². The van der Waals surface area contributed by atoms with Crippen LogP contribution in [-0.2, 0) is 9.59 Å². The maximum absolute atomic E-state index is 13.6. The van der Waals surface area contributed by atoms with Gasteiger partial charge < -0.3 is 24.4 Å². The van der Waals surface area contributed by atoms with Crippen LogP contribution in [0.2, 0.25) is 0 Å². The van der Waals surface area contributed by atoms with Crippen LogP contribution in [0.15, 0.2) is 42.5 Å². The van der Waals surface area contributed by atoms with Gasteiger partial charge in [0.05, 0.1) is 32.9 Å². The van der Waals surface area contributed by atoms with Gasteiger partial charge in [0.25, 0.3) is 0 Å². The summed E-state index contributed by atoms with van der Waals surface area (Å²) in [5.74, 6) is 0.662. The highest BCUT2D eigenvalue weighted by atomic mass is 16.5. The normalized spacial score (nSPS) is 20.0. The molecular formula is C25H29N3O6. The third-order valence-electron chi connectivity index (χ3n) is 6.42. The van der Waals surface area contributed by atoms with Crippen molar-refractivity contribution in [3.63, 3.8) is 0 Å². The number of rotatable bonds is 7. The molecule has 0 aromatic heterocycles. The van der Waals surface area contributed by atoms with Crippen LogP contribution in [-0.4, -0.2) is 56.7 Å². The number of hydrogen-bond donors (Lipinski definition) is 1. The summed E-state index contributed by atoms with van der Waals surface area (Å²) in [6, 6.07) is 11.1. The van der Waals surface area contributed by atoms with Crippen molar-refractivity contribution in [1.82, 2.24) is 4.90 Å². The monoisotopic (exact) mass is 467 g/mol. The Bertz CT molecular complexity index is 1070. The van der Waals surface area contributed by atoms with Crippen molar-refractivity contribution in [2.75, 3.05) is 38.1 Å². The van der Waals surface area contributed by atoms with Crippen molar-refractivity contribution in [1.29, 1.82) is 0 Å². The number of anilines is 2. The van der Waals surface area contributed by atoms with Crippen LogP contribution in [0, 0.1) is 5.92 Å². The third-order valence-corrected chi connectivity index (χ3v) is 6.42. The average Bonchev–Trinajstić information content (AvgIpc) is 2.87. The maximum Gasteiger partial charge on any atom is 0.332 e. The number of amides is 4. The first kappa shape index (κ1) is 23.4. The number of nitrogens with one attached hydrogen (secondary N) is 1. The van der Waals surface area contributed by atoms with Crippen molar-refractivity contribution >= 4 is 29.2 Å². The molecule has 9 heteroatoms. The van der Waals surface area contributed by atoms with Gasteiger partial charge in [0.2, 0.25) is 11.8 Å². The third kappa shape index (κ3) is 4.50. The van der Waals surface area contributed by atoms with E-state index in [9.17, 15) is 14.4 Å². The van der Waals surface area contributed by atoms with E-state index in [4.69, 9.17) is 14.2 Å². The van der Waals surface area contributed by atoms with Gasteiger partial charge in [0.15, 0.2) is 11.5 Å². The molecule has 4 amide bonds. The molecule has 1 aliphatic carbocycles. The van der Waals surface area contributed by atoms with Crippen molar-refractivity contribution in [2.45, 2.75) is 31.7 Å². The smallest absolute Gasteiger partial charge is 0.332 e. The molecule has 1 saturated heterocycles. The molecule has 1 aliphatic heterocycles. The molecule has 2 fully saturated rings. The number of nitrogens with zero attached hydrogens (tertiary/aromatic N) is 2. The minimum absolute atomic E-state index is 0.150. The largest absolute Gasteiger partial charge is 0.497 e. The lowest BCUT2D eigenvalue weighted by molar-refractivity contribution is -0.128. The molecule has 4 rings (SSSR count). The SMILES string of the molecule is COc1ccc(NC(=O)CN2C(=O)N(c3ccc(OC)c(OC)c3)C(=O)C3CCCCC32)cc1. The van der Waals surface area contributed by atoms with Gasteiger partial charge in [0.1, 0.15) is 12.3 Å². The standard InChI is InChI=1S/C25H29N3O6/c1-32-18-11-8-16(9-12-18)26-23(29)15-27-20-7-5-4-6-19(20)24(30)28(25(27)31)17-10-13-21(33-2)22(14-17)34-3/h8-14,19-20H,4-7,15H2,1-3H3,(H,26,29). The van der Waals surface area contributed by atoms with Gasteiger partial charge in [-0.25, -0.2) is 9.69 Å². The molecule has 180 valence electrons. The summed E-state index contributed by atoms with van der Waals surface area (Å²) in [6.07, 6.45) is 3.19. The van der Waals surface area contributed by atoms with Crippen LogP contribution in [0.5, 0.6) is 17.2 Å². The first-order chi connectivity index (χ1) is 16.5. The van der Waals surface area contributed by atoms with Gasteiger partial charge in [-0.15, -0.1) is 0 Å². The maximum atomic E-state index is 13.6. The minimum Gasteiger partial charge on any atom is -0.497 e. The van der Waals surface area contributed by atoms with Crippen LogP contribution >= 0.6 is 0 Å². The second-order valence-electron chi connectivity index (χ2n) is 8.36. The number of methoxy groups -OCH3 is 3. The van der Waals surface area contributed by atoms with Crippen LogP contribution < -0.4 is 24.4 Å². The van der Waals surface area contributed by atoms with Crippen molar-refractivity contribution in [3.05, 3.63) is 42.5 Å². The van der Waals surface area contributed by atoms with Crippen molar-refractivity contribution < 1.29 is 28.6 Å². The number of urea groups is 1. The molecule has 1 heterocycles. The summed E-state index contributed by atoms with van der Waals surface area (Å²) in [4.78, 5) is 42.6. The second-order valence-corrected chi connectivity index (χ2v) is 8.36. The van der Waals surface area contributed by atoms with Gasteiger partial charge in [-0.3, -0.25) is 9.59 Å². The Kier molecular flexibility index (Phi) is 6.90. The summed E-state index contributed by atoms with van der Waals surface area (Å²) in [6.45, 7) is -0.150. The van der Waals surface area contributed by atoms with Crippen LogP contribution in [0.4, 0.5) is 16.2 Å². The predicted octanol–water partition coefficient (Wildman–Crippen LogP) is 3.68. The summed E-state index contributed by atoms with van der Waals surface area (Å²) < 4.78 is 15.8. The van der Waals surface area contributed by atoms with Gasteiger partial charge in [-0.1, -0.05) is 12.8 Å².